The third kappa shape index (κ3) is 4.51. The normalized spacial score (nSPS) is 22.8. The molecule has 2 aromatic carbocycles. The van der Waals surface area contributed by atoms with Gasteiger partial charge in [0, 0.05) is 32.0 Å². The molecule has 184 valence electrons. The molecule has 1 saturated carbocycles. The Morgan fingerprint density at radius 2 is 1.57 bits per heavy atom. The van der Waals surface area contributed by atoms with E-state index in [0.29, 0.717) is 26.1 Å². The Hall–Kier alpha value is -3.35. The molecule has 1 saturated heterocycles. The maximum atomic E-state index is 12.8. The van der Waals surface area contributed by atoms with Crippen LogP contribution < -0.4 is 5.32 Å². The molecule has 2 aliphatic carbocycles. The number of carbonyl (C=O) groups is 3. The molecular formula is C28H32N2O5. The minimum atomic E-state index is -0.751. The first-order chi connectivity index (χ1) is 16.8. The first kappa shape index (κ1) is 23.4. The summed E-state index contributed by atoms with van der Waals surface area (Å²) in [6, 6.07) is 16.4. The molecule has 7 nitrogen and oxygen atoms in total. The van der Waals surface area contributed by atoms with Gasteiger partial charge in [-0.1, -0.05) is 62.4 Å². The van der Waals surface area contributed by atoms with Gasteiger partial charge in [-0.15, -0.1) is 0 Å². The van der Waals surface area contributed by atoms with Gasteiger partial charge in [-0.3, -0.25) is 9.59 Å². The molecule has 4 atom stereocenters. The Kier molecular flexibility index (Phi) is 6.26. The fourth-order valence-electron chi connectivity index (χ4n) is 5.86. The Balaban J connectivity index is 1.12. The summed E-state index contributed by atoms with van der Waals surface area (Å²) in [5.74, 6) is -0.594. The molecule has 1 heterocycles. The molecule has 0 aromatic heterocycles. The number of hydrogen-bond donors (Lipinski definition) is 2. The molecule has 2 unspecified atom stereocenters. The van der Waals surface area contributed by atoms with Crippen molar-refractivity contribution in [3.05, 3.63) is 59.7 Å². The van der Waals surface area contributed by atoms with Crippen LogP contribution in [0.25, 0.3) is 11.1 Å². The zero-order valence-electron chi connectivity index (χ0n) is 20.1. The number of aliphatic carboxylic acids is 1. The number of ether oxygens (including phenoxy) is 1. The van der Waals surface area contributed by atoms with E-state index in [2.05, 4.69) is 29.6 Å². The van der Waals surface area contributed by atoms with E-state index in [0.717, 1.165) is 0 Å². The number of carboxylic acids is 1. The number of carbonyl (C=O) groups excluding carboxylic acids is 2. The van der Waals surface area contributed by atoms with Crippen LogP contribution in [0, 0.1) is 29.6 Å². The zero-order valence-corrected chi connectivity index (χ0v) is 20.1. The van der Waals surface area contributed by atoms with E-state index in [4.69, 9.17) is 4.74 Å². The molecule has 35 heavy (non-hydrogen) atoms. The predicted molar refractivity (Wildman–Crippen MR) is 131 cm³/mol. The highest BCUT2D eigenvalue weighted by Crippen LogP contribution is 2.52. The average Bonchev–Trinajstić information content (AvgIpc) is 3.19. The van der Waals surface area contributed by atoms with Crippen molar-refractivity contribution in [3.8, 4) is 11.1 Å². The summed E-state index contributed by atoms with van der Waals surface area (Å²) in [5, 5.41) is 12.0. The van der Waals surface area contributed by atoms with E-state index in [1.54, 1.807) is 4.90 Å². The summed E-state index contributed by atoms with van der Waals surface area (Å²) in [4.78, 5) is 38.3. The van der Waals surface area contributed by atoms with Crippen LogP contribution in [0.4, 0.5) is 4.79 Å². The molecule has 2 fully saturated rings. The Morgan fingerprint density at radius 3 is 2.11 bits per heavy atom. The highest BCUT2D eigenvalue weighted by atomic mass is 16.5. The van der Waals surface area contributed by atoms with Crippen LogP contribution in [0.15, 0.2) is 48.5 Å². The van der Waals surface area contributed by atoms with E-state index in [1.165, 1.54) is 22.3 Å². The lowest BCUT2D eigenvalue weighted by molar-refractivity contribution is -0.141. The molecule has 0 bridgehead atoms. The number of likely N-dealkylation sites (tertiary alicyclic amines) is 1. The molecule has 3 aliphatic rings. The lowest BCUT2D eigenvalue weighted by atomic mass is 9.92. The van der Waals surface area contributed by atoms with E-state index in [1.807, 2.05) is 38.1 Å². The highest BCUT2D eigenvalue weighted by molar-refractivity contribution is 5.80. The summed E-state index contributed by atoms with van der Waals surface area (Å²) in [7, 11) is 0. The van der Waals surface area contributed by atoms with Gasteiger partial charge < -0.3 is 20.1 Å². The second-order valence-electron chi connectivity index (χ2n) is 10.4. The van der Waals surface area contributed by atoms with Crippen molar-refractivity contribution in [1.29, 1.82) is 0 Å². The number of carboxylic acid groups (broad SMARTS) is 1. The zero-order chi connectivity index (χ0) is 24.7. The van der Waals surface area contributed by atoms with Crippen LogP contribution >= 0.6 is 0 Å². The average molecular weight is 477 g/mol. The number of fused-ring (bicyclic) bond motifs is 4. The standard InChI is InChI=1S/C28H32N2O5/c1-16(2)17(11-25(31)30-13-22-23(14-30)26(22)27(32)33)12-29-28(34)35-15-24-20-9-5-3-7-18(20)19-8-4-6-10-21(19)24/h3-10,16-17,22-24,26H,11-15H2,1-2H3,(H,29,34)(H,32,33)/t17?,22-,23+,26?. The third-order valence-corrected chi connectivity index (χ3v) is 8.06. The Labute approximate surface area is 205 Å². The molecular weight excluding hydrogens is 444 g/mol. The number of hydrogen-bond acceptors (Lipinski definition) is 4. The van der Waals surface area contributed by atoms with Gasteiger partial charge in [0.15, 0.2) is 0 Å². The van der Waals surface area contributed by atoms with E-state index in [9.17, 15) is 19.5 Å². The van der Waals surface area contributed by atoms with Gasteiger partial charge in [0.05, 0.1) is 5.92 Å². The van der Waals surface area contributed by atoms with Gasteiger partial charge in [0.25, 0.3) is 0 Å². The van der Waals surface area contributed by atoms with Crippen molar-refractivity contribution in [2.45, 2.75) is 26.2 Å². The highest BCUT2D eigenvalue weighted by Gasteiger charge is 2.60. The number of rotatable bonds is 8. The molecule has 2 aromatic rings. The minimum Gasteiger partial charge on any atom is -0.481 e. The summed E-state index contributed by atoms with van der Waals surface area (Å²) in [6.45, 7) is 5.76. The van der Waals surface area contributed by atoms with Gasteiger partial charge in [0.1, 0.15) is 6.61 Å². The van der Waals surface area contributed by atoms with Crippen molar-refractivity contribution in [2.24, 2.45) is 29.6 Å². The summed E-state index contributed by atoms with van der Waals surface area (Å²) >= 11 is 0. The van der Waals surface area contributed by atoms with Crippen molar-refractivity contribution >= 4 is 18.0 Å². The van der Waals surface area contributed by atoms with Crippen molar-refractivity contribution < 1.29 is 24.2 Å². The number of benzene rings is 2. The maximum Gasteiger partial charge on any atom is 0.407 e. The van der Waals surface area contributed by atoms with E-state index in [-0.39, 0.29) is 48.0 Å². The minimum absolute atomic E-state index is 0.00635. The first-order valence-electron chi connectivity index (χ1n) is 12.4. The molecule has 0 radical (unpaired) electrons. The fourth-order valence-corrected chi connectivity index (χ4v) is 5.86. The SMILES string of the molecule is CC(C)C(CNC(=O)OCC1c2ccccc2-c2ccccc21)CC(=O)N1C[C@@H]2C(C(=O)O)[C@@H]2C1. The smallest absolute Gasteiger partial charge is 0.407 e. The maximum absolute atomic E-state index is 12.8. The lowest BCUT2D eigenvalue weighted by Crippen LogP contribution is -2.38. The number of amides is 2. The number of alkyl carbamates (subject to hydrolysis) is 1. The van der Waals surface area contributed by atoms with Crippen LogP contribution in [-0.2, 0) is 14.3 Å². The first-order valence-corrected chi connectivity index (χ1v) is 12.4. The van der Waals surface area contributed by atoms with Crippen LogP contribution in [0.2, 0.25) is 0 Å². The van der Waals surface area contributed by atoms with Crippen molar-refractivity contribution in [2.75, 3.05) is 26.2 Å². The van der Waals surface area contributed by atoms with Gasteiger partial charge >= 0.3 is 12.1 Å². The van der Waals surface area contributed by atoms with Crippen LogP contribution in [0.5, 0.6) is 0 Å². The van der Waals surface area contributed by atoms with Crippen LogP contribution in [0.3, 0.4) is 0 Å². The van der Waals surface area contributed by atoms with Gasteiger partial charge in [-0.25, -0.2) is 4.79 Å². The Morgan fingerprint density at radius 1 is 1.00 bits per heavy atom. The lowest BCUT2D eigenvalue weighted by Gasteiger charge is -2.25. The number of piperidine rings is 1. The number of nitrogens with zero attached hydrogens (tertiary/aromatic N) is 1. The monoisotopic (exact) mass is 476 g/mol. The summed E-state index contributed by atoms with van der Waals surface area (Å²) < 4.78 is 5.63. The van der Waals surface area contributed by atoms with Gasteiger partial charge in [0.2, 0.25) is 5.91 Å². The Bertz CT molecular complexity index is 1090. The topological polar surface area (TPSA) is 95.9 Å². The van der Waals surface area contributed by atoms with E-state index < -0.39 is 12.1 Å². The molecule has 1 aliphatic heterocycles. The number of nitrogens with one attached hydrogen (secondary N) is 1. The van der Waals surface area contributed by atoms with Crippen LogP contribution in [0.1, 0.15) is 37.3 Å². The molecule has 5 rings (SSSR count). The second kappa shape index (κ2) is 9.36. The molecule has 7 heteroatoms. The molecule has 0 spiro atoms. The quantitative estimate of drug-likeness (QED) is 0.601. The van der Waals surface area contributed by atoms with E-state index >= 15 is 0 Å². The van der Waals surface area contributed by atoms with Gasteiger partial charge in [-0.05, 0) is 45.9 Å². The third-order valence-electron chi connectivity index (χ3n) is 8.06. The molecule has 2 N–H and O–H groups in total. The van der Waals surface area contributed by atoms with Crippen molar-refractivity contribution in [3.63, 3.8) is 0 Å². The fraction of sp³-hybridized carbons (Fsp3) is 0.464. The largest absolute Gasteiger partial charge is 0.481 e. The predicted octanol–water partition coefficient (Wildman–Crippen LogP) is 3.98. The second-order valence-corrected chi connectivity index (χ2v) is 10.4. The summed E-state index contributed by atoms with van der Waals surface area (Å²) in [5.41, 5.74) is 4.70. The summed E-state index contributed by atoms with van der Waals surface area (Å²) in [6.07, 6.45) is -0.143. The molecule has 2 amide bonds. The van der Waals surface area contributed by atoms with Crippen LogP contribution in [-0.4, -0.2) is 54.2 Å². The van der Waals surface area contributed by atoms with Crippen molar-refractivity contribution in [1.82, 2.24) is 10.2 Å². The van der Waals surface area contributed by atoms with Gasteiger partial charge in [-0.2, -0.15) is 0 Å².